The Morgan fingerprint density at radius 1 is 1.12 bits per heavy atom. The van der Waals surface area contributed by atoms with E-state index in [0.29, 0.717) is 24.6 Å². The molecule has 0 atom stereocenters. The molecule has 5 nitrogen and oxygen atoms in total. The molecule has 0 unspecified atom stereocenters. The summed E-state index contributed by atoms with van der Waals surface area (Å²) < 4.78 is 23.8. The summed E-state index contributed by atoms with van der Waals surface area (Å²) in [5.74, 6) is 1.89. The van der Waals surface area contributed by atoms with Gasteiger partial charge in [0, 0.05) is 32.7 Å². The average Bonchev–Trinajstić information content (AvgIpc) is 2.63. The number of nitrogens with zero attached hydrogens (tertiary/aromatic N) is 2. The minimum atomic E-state index is -0.237. The molecule has 0 saturated heterocycles. The molecule has 0 aliphatic carbocycles. The van der Waals surface area contributed by atoms with E-state index in [4.69, 9.17) is 9.47 Å². The van der Waals surface area contributed by atoms with Crippen molar-refractivity contribution in [2.24, 2.45) is 4.99 Å². The highest BCUT2D eigenvalue weighted by Crippen LogP contribution is 2.30. The Bertz CT molecular complexity index is 717. The second-order valence-electron chi connectivity index (χ2n) is 5.54. The molecule has 2 aromatic carbocycles. The van der Waals surface area contributed by atoms with Crippen LogP contribution in [-0.2, 0) is 13.1 Å². The Balaban J connectivity index is 2.04. The predicted molar refractivity (Wildman–Crippen MR) is 97.6 cm³/mol. The second kappa shape index (κ2) is 8.92. The van der Waals surface area contributed by atoms with E-state index in [9.17, 15) is 4.39 Å². The second-order valence-corrected chi connectivity index (χ2v) is 5.54. The number of guanidine groups is 1. The Morgan fingerprint density at radius 2 is 1.84 bits per heavy atom. The highest BCUT2D eigenvalue weighted by Gasteiger charge is 2.11. The number of methoxy groups -OCH3 is 2. The zero-order valence-corrected chi connectivity index (χ0v) is 15.0. The van der Waals surface area contributed by atoms with Crippen LogP contribution in [0.5, 0.6) is 11.5 Å². The number of rotatable bonds is 6. The van der Waals surface area contributed by atoms with E-state index in [2.05, 4.69) is 10.3 Å². The maximum atomic E-state index is 13.0. The monoisotopic (exact) mass is 345 g/mol. The van der Waals surface area contributed by atoms with Gasteiger partial charge < -0.3 is 19.7 Å². The van der Waals surface area contributed by atoms with Gasteiger partial charge in [0.2, 0.25) is 0 Å². The van der Waals surface area contributed by atoms with Gasteiger partial charge in [-0.3, -0.25) is 4.99 Å². The normalized spacial score (nSPS) is 11.2. The van der Waals surface area contributed by atoms with Crippen LogP contribution >= 0.6 is 0 Å². The topological polar surface area (TPSA) is 46.1 Å². The number of hydrogen-bond acceptors (Lipinski definition) is 3. The first kappa shape index (κ1) is 18.6. The number of ether oxygens (including phenoxy) is 2. The van der Waals surface area contributed by atoms with E-state index in [1.165, 1.54) is 12.1 Å². The predicted octanol–water partition coefficient (Wildman–Crippen LogP) is 3.05. The fraction of sp³-hybridized carbons (Fsp3) is 0.316. The maximum Gasteiger partial charge on any atom is 0.193 e. The van der Waals surface area contributed by atoms with E-state index in [0.717, 1.165) is 17.1 Å². The summed E-state index contributed by atoms with van der Waals surface area (Å²) in [5, 5.41) is 3.31. The molecule has 1 N–H and O–H groups in total. The molecular weight excluding hydrogens is 321 g/mol. The van der Waals surface area contributed by atoms with Gasteiger partial charge in [0.1, 0.15) is 5.82 Å². The van der Waals surface area contributed by atoms with Crippen LogP contribution in [0.25, 0.3) is 0 Å². The first-order valence-electron chi connectivity index (χ1n) is 7.95. The van der Waals surface area contributed by atoms with Crippen molar-refractivity contribution in [3.8, 4) is 11.5 Å². The van der Waals surface area contributed by atoms with Crippen LogP contribution in [0.1, 0.15) is 11.1 Å². The van der Waals surface area contributed by atoms with Crippen LogP contribution in [0.3, 0.4) is 0 Å². The first-order chi connectivity index (χ1) is 12.1. The number of halogens is 1. The van der Waals surface area contributed by atoms with Crippen LogP contribution in [-0.4, -0.2) is 39.2 Å². The molecule has 0 bridgehead atoms. The Hall–Kier alpha value is -2.76. The van der Waals surface area contributed by atoms with Gasteiger partial charge in [-0.15, -0.1) is 0 Å². The number of nitrogens with one attached hydrogen (secondary N) is 1. The summed E-state index contributed by atoms with van der Waals surface area (Å²) >= 11 is 0. The molecule has 0 aliphatic rings. The van der Waals surface area contributed by atoms with Gasteiger partial charge in [-0.25, -0.2) is 4.39 Å². The van der Waals surface area contributed by atoms with Gasteiger partial charge in [-0.1, -0.05) is 24.3 Å². The standard InChI is InChI=1S/C19H24FN3O2/c1-21-19(23(2)13-14-8-10-16(20)11-9-14)22-12-15-6-5-7-17(24-3)18(15)25-4/h5-11H,12-13H2,1-4H3,(H,21,22). The van der Waals surface area contributed by atoms with E-state index in [-0.39, 0.29) is 5.82 Å². The highest BCUT2D eigenvalue weighted by atomic mass is 19.1. The van der Waals surface area contributed by atoms with Gasteiger partial charge in [-0.05, 0) is 23.8 Å². The van der Waals surface area contributed by atoms with E-state index in [1.807, 2.05) is 30.1 Å². The maximum absolute atomic E-state index is 13.0. The molecule has 134 valence electrons. The summed E-state index contributed by atoms with van der Waals surface area (Å²) in [5.41, 5.74) is 1.98. The van der Waals surface area contributed by atoms with Gasteiger partial charge in [0.05, 0.1) is 14.2 Å². The lowest BCUT2D eigenvalue weighted by Crippen LogP contribution is -2.38. The molecule has 0 saturated carbocycles. The molecule has 25 heavy (non-hydrogen) atoms. The molecule has 6 heteroatoms. The van der Waals surface area contributed by atoms with E-state index >= 15 is 0 Å². The summed E-state index contributed by atoms with van der Waals surface area (Å²) in [6.45, 7) is 1.16. The third kappa shape index (κ3) is 4.86. The van der Waals surface area contributed by atoms with Crippen molar-refractivity contribution < 1.29 is 13.9 Å². The Kier molecular flexibility index (Phi) is 6.62. The van der Waals surface area contributed by atoms with Crippen molar-refractivity contribution in [1.29, 1.82) is 0 Å². The van der Waals surface area contributed by atoms with E-state index < -0.39 is 0 Å². The number of para-hydroxylation sites is 1. The molecule has 0 fully saturated rings. The first-order valence-corrected chi connectivity index (χ1v) is 7.95. The summed E-state index contributed by atoms with van der Waals surface area (Å²) in [7, 11) is 6.90. The minimum Gasteiger partial charge on any atom is -0.493 e. The van der Waals surface area contributed by atoms with Crippen molar-refractivity contribution in [3.05, 3.63) is 59.4 Å². The molecule has 0 aliphatic heterocycles. The smallest absolute Gasteiger partial charge is 0.193 e. The van der Waals surface area contributed by atoms with Crippen LogP contribution in [0, 0.1) is 5.82 Å². The SMILES string of the molecule is CN=C(NCc1cccc(OC)c1OC)N(C)Cc1ccc(F)cc1. The van der Waals surface area contributed by atoms with Gasteiger partial charge in [-0.2, -0.15) is 0 Å². The molecule has 0 spiro atoms. The fourth-order valence-corrected chi connectivity index (χ4v) is 2.59. The lowest BCUT2D eigenvalue weighted by molar-refractivity contribution is 0.351. The molecule has 0 aromatic heterocycles. The molecule has 0 amide bonds. The van der Waals surface area contributed by atoms with Crippen LogP contribution in [0.2, 0.25) is 0 Å². The summed E-state index contributed by atoms with van der Waals surface area (Å²) in [6.07, 6.45) is 0. The number of benzene rings is 2. The van der Waals surface area contributed by atoms with Gasteiger partial charge in [0.25, 0.3) is 0 Å². The van der Waals surface area contributed by atoms with Crippen molar-refractivity contribution in [1.82, 2.24) is 10.2 Å². The van der Waals surface area contributed by atoms with Crippen molar-refractivity contribution >= 4 is 5.96 Å². The van der Waals surface area contributed by atoms with Crippen molar-refractivity contribution in [2.45, 2.75) is 13.1 Å². The van der Waals surface area contributed by atoms with Crippen LogP contribution in [0.15, 0.2) is 47.5 Å². The van der Waals surface area contributed by atoms with Crippen molar-refractivity contribution in [2.75, 3.05) is 28.3 Å². The third-order valence-electron chi connectivity index (χ3n) is 3.83. The van der Waals surface area contributed by atoms with E-state index in [1.54, 1.807) is 33.4 Å². The number of aliphatic imine (C=N–C) groups is 1. The molecular formula is C19H24FN3O2. The highest BCUT2D eigenvalue weighted by molar-refractivity contribution is 5.79. The largest absolute Gasteiger partial charge is 0.493 e. The lowest BCUT2D eigenvalue weighted by atomic mass is 10.2. The van der Waals surface area contributed by atoms with Gasteiger partial charge in [0.15, 0.2) is 17.5 Å². The third-order valence-corrected chi connectivity index (χ3v) is 3.83. The zero-order valence-electron chi connectivity index (χ0n) is 15.0. The number of hydrogen-bond donors (Lipinski definition) is 1. The van der Waals surface area contributed by atoms with Crippen molar-refractivity contribution in [3.63, 3.8) is 0 Å². The average molecular weight is 345 g/mol. The van der Waals surface area contributed by atoms with Crippen LogP contribution < -0.4 is 14.8 Å². The minimum absolute atomic E-state index is 0.237. The van der Waals surface area contributed by atoms with Crippen LogP contribution in [0.4, 0.5) is 4.39 Å². The Morgan fingerprint density at radius 3 is 2.44 bits per heavy atom. The Labute approximate surface area is 148 Å². The molecule has 2 rings (SSSR count). The summed E-state index contributed by atoms with van der Waals surface area (Å²) in [6, 6.07) is 12.2. The summed E-state index contributed by atoms with van der Waals surface area (Å²) in [4.78, 5) is 6.27. The molecule has 2 aromatic rings. The fourth-order valence-electron chi connectivity index (χ4n) is 2.59. The van der Waals surface area contributed by atoms with Gasteiger partial charge >= 0.3 is 0 Å². The zero-order chi connectivity index (χ0) is 18.2. The molecule has 0 heterocycles. The quantitative estimate of drug-likeness (QED) is 0.646. The molecule has 0 radical (unpaired) electrons. The lowest BCUT2D eigenvalue weighted by Gasteiger charge is -2.23.